The Labute approximate surface area is 70.3 Å². The van der Waals surface area contributed by atoms with Crippen molar-refractivity contribution < 1.29 is 15.0 Å². The summed E-state index contributed by atoms with van der Waals surface area (Å²) in [7, 11) is 0. The summed E-state index contributed by atoms with van der Waals surface area (Å²) >= 11 is 5.33. The van der Waals surface area contributed by atoms with Crippen molar-refractivity contribution >= 4 is 17.6 Å². The van der Waals surface area contributed by atoms with Gasteiger partial charge in [-0.2, -0.15) is 0 Å². The first-order chi connectivity index (χ1) is 5.07. The summed E-state index contributed by atoms with van der Waals surface area (Å²) in [6.45, 7) is 1.70. The lowest BCUT2D eigenvalue weighted by Gasteiger charge is -2.10. The third-order valence-corrected chi connectivity index (χ3v) is 1.62. The fourth-order valence-electron chi connectivity index (χ4n) is 0.503. The smallest absolute Gasteiger partial charge is 0.327 e. The van der Waals surface area contributed by atoms with E-state index in [1.54, 1.807) is 6.92 Å². The van der Waals surface area contributed by atoms with Crippen LogP contribution in [0, 0.1) is 5.92 Å². The van der Waals surface area contributed by atoms with Crippen molar-refractivity contribution in [3.63, 3.8) is 0 Å². The second kappa shape index (κ2) is 5.16. The van der Waals surface area contributed by atoms with Gasteiger partial charge in [0, 0.05) is 17.9 Å². The molecule has 0 aromatic heterocycles. The molecule has 2 N–H and O–H groups in total. The molecule has 4 heteroatoms. The lowest BCUT2D eigenvalue weighted by Crippen LogP contribution is -2.17. The highest BCUT2D eigenvalue weighted by atomic mass is 35.5. The van der Waals surface area contributed by atoms with Crippen LogP contribution in [0.5, 0.6) is 0 Å². The molecule has 3 nitrogen and oxygen atoms in total. The average Bonchev–Trinajstić information content (AvgIpc) is 1.98. The molecule has 64 valence electrons. The zero-order valence-electron chi connectivity index (χ0n) is 6.20. The summed E-state index contributed by atoms with van der Waals surface area (Å²) in [6.07, 6.45) is 1.74. The minimum absolute atomic E-state index is 0.116. The van der Waals surface area contributed by atoms with Crippen LogP contribution in [0.4, 0.5) is 0 Å². The molecular weight excluding hydrogens is 168 g/mol. The number of rotatable bonds is 4. The largest absolute Gasteiger partial charge is 0.478 e. The van der Waals surface area contributed by atoms with Crippen LogP contribution in [0.3, 0.4) is 0 Å². The minimum atomic E-state index is -1.02. The SMILES string of the molecule is CC(/C=C/C(=O)O)C(O)CCl. The Morgan fingerprint density at radius 1 is 1.73 bits per heavy atom. The van der Waals surface area contributed by atoms with Gasteiger partial charge in [-0.3, -0.25) is 0 Å². The van der Waals surface area contributed by atoms with E-state index in [9.17, 15) is 4.79 Å². The maximum Gasteiger partial charge on any atom is 0.327 e. The standard InChI is InChI=1S/C7H11ClO3/c1-5(6(9)4-8)2-3-7(10)11/h2-3,5-6,9H,4H2,1H3,(H,10,11)/b3-2+. The Bertz CT molecular complexity index is 156. The second-order valence-corrected chi connectivity index (χ2v) is 2.59. The van der Waals surface area contributed by atoms with Gasteiger partial charge in [0.25, 0.3) is 0 Å². The Morgan fingerprint density at radius 2 is 2.27 bits per heavy atom. The number of aliphatic hydroxyl groups is 1. The first kappa shape index (κ1) is 10.5. The van der Waals surface area contributed by atoms with Crippen LogP contribution in [-0.2, 0) is 4.79 Å². The van der Waals surface area contributed by atoms with E-state index in [1.807, 2.05) is 0 Å². The van der Waals surface area contributed by atoms with Gasteiger partial charge in [-0.1, -0.05) is 13.0 Å². The quantitative estimate of drug-likeness (QED) is 0.496. The first-order valence-corrected chi connectivity index (χ1v) is 3.76. The number of aliphatic hydroxyl groups excluding tert-OH is 1. The highest BCUT2D eigenvalue weighted by Crippen LogP contribution is 2.05. The number of carbonyl (C=O) groups is 1. The van der Waals surface area contributed by atoms with Crippen LogP contribution in [0.15, 0.2) is 12.2 Å². The van der Waals surface area contributed by atoms with Gasteiger partial charge in [0.2, 0.25) is 0 Å². The van der Waals surface area contributed by atoms with E-state index in [4.69, 9.17) is 21.8 Å². The van der Waals surface area contributed by atoms with Crippen molar-refractivity contribution in [2.75, 3.05) is 5.88 Å². The summed E-state index contributed by atoms with van der Waals surface area (Å²) in [5, 5.41) is 17.3. The maximum absolute atomic E-state index is 10.0. The van der Waals surface area contributed by atoms with Crippen LogP contribution in [0.1, 0.15) is 6.92 Å². The Morgan fingerprint density at radius 3 is 2.64 bits per heavy atom. The van der Waals surface area contributed by atoms with E-state index in [-0.39, 0.29) is 11.8 Å². The van der Waals surface area contributed by atoms with Crippen molar-refractivity contribution in [1.29, 1.82) is 0 Å². The molecule has 0 saturated heterocycles. The molecule has 0 aromatic rings. The zero-order valence-corrected chi connectivity index (χ0v) is 6.95. The minimum Gasteiger partial charge on any atom is -0.478 e. The van der Waals surface area contributed by atoms with Crippen molar-refractivity contribution in [3.05, 3.63) is 12.2 Å². The molecule has 2 atom stereocenters. The molecule has 2 unspecified atom stereocenters. The lowest BCUT2D eigenvalue weighted by atomic mass is 10.1. The van der Waals surface area contributed by atoms with Gasteiger partial charge in [-0.25, -0.2) is 4.79 Å². The highest BCUT2D eigenvalue weighted by molar-refractivity contribution is 6.18. The Kier molecular flexibility index (Phi) is 4.90. The molecule has 0 spiro atoms. The molecule has 0 aromatic carbocycles. The summed E-state index contributed by atoms with van der Waals surface area (Å²) in [4.78, 5) is 10.0. The number of carboxylic acid groups (broad SMARTS) is 1. The topological polar surface area (TPSA) is 57.5 Å². The van der Waals surface area contributed by atoms with Crippen LogP contribution in [0.2, 0.25) is 0 Å². The molecule has 0 radical (unpaired) electrons. The van der Waals surface area contributed by atoms with Crippen LogP contribution >= 0.6 is 11.6 Å². The zero-order chi connectivity index (χ0) is 8.85. The van der Waals surface area contributed by atoms with Crippen LogP contribution in [-0.4, -0.2) is 28.2 Å². The number of hydrogen-bond donors (Lipinski definition) is 2. The van der Waals surface area contributed by atoms with Crippen molar-refractivity contribution in [2.45, 2.75) is 13.0 Å². The second-order valence-electron chi connectivity index (χ2n) is 2.28. The molecule has 11 heavy (non-hydrogen) atoms. The molecule has 0 amide bonds. The van der Waals surface area contributed by atoms with Gasteiger partial charge in [-0.05, 0) is 0 Å². The Balaban J connectivity index is 3.85. The highest BCUT2D eigenvalue weighted by Gasteiger charge is 2.09. The van der Waals surface area contributed by atoms with Gasteiger partial charge in [0.05, 0.1) is 6.10 Å². The summed E-state index contributed by atoms with van der Waals surface area (Å²) in [6, 6.07) is 0. The van der Waals surface area contributed by atoms with E-state index >= 15 is 0 Å². The van der Waals surface area contributed by atoms with E-state index in [2.05, 4.69) is 0 Å². The predicted molar refractivity (Wildman–Crippen MR) is 42.7 cm³/mol. The normalized spacial score (nSPS) is 16.6. The van der Waals surface area contributed by atoms with Gasteiger partial charge in [0.15, 0.2) is 0 Å². The molecule has 0 rings (SSSR count). The molecule has 0 aliphatic heterocycles. The predicted octanol–water partition coefficient (Wildman–Crippen LogP) is 0.863. The summed E-state index contributed by atoms with van der Waals surface area (Å²) in [5.74, 6) is -1.12. The molecular formula is C7H11ClO3. The van der Waals surface area contributed by atoms with Crippen LogP contribution < -0.4 is 0 Å². The van der Waals surface area contributed by atoms with Gasteiger partial charge < -0.3 is 10.2 Å². The summed E-state index contributed by atoms with van der Waals surface area (Å²) < 4.78 is 0. The molecule has 0 aliphatic carbocycles. The fraction of sp³-hybridized carbons (Fsp3) is 0.571. The van der Waals surface area contributed by atoms with E-state index in [0.717, 1.165) is 6.08 Å². The molecule has 0 heterocycles. The number of hydrogen-bond acceptors (Lipinski definition) is 2. The third-order valence-electron chi connectivity index (χ3n) is 1.31. The van der Waals surface area contributed by atoms with Crippen molar-refractivity contribution in [1.82, 2.24) is 0 Å². The maximum atomic E-state index is 10.0. The molecule has 0 fully saturated rings. The van der Waals surface area contributed by atoms with Gasteiger partial charge in [0.1, 0.15) is 0 Å². The van der Waals surface area contributed by atoms with Crippen molar-refractivity contribution in [2.24, 2.45) is 5.92 Å². The van der Waals surface area contributed by atoms with Gasteiger partial charge >= 0.3 is 5.97 Å². The molecule has 0 saturated carbocycles. The lowest BCUT2D eigenvalue weighted by molar-refractivity contribution is -0.131. The number of aliphatic carboxylic acids is 1. The Hall–Kier alpha value is -0.540. The molecule has 0 bridgehead atoms. The van der Waals surface area contributed by atoms with E-state index in [1.165, 1.54) is 6.08 Å². The fourth-order valence-corrected chi connectivity index (χ4v) is 0.784. The number of alkyl halides is 1. The third kappa shape index (κ3) is 4.81. The number of halogens is 1. The van der Waals surface area contributed by atoms with Gasteiger partial charge in [-0.15, -0.1) is 11.6 Å². The van der Waals surface area contributed by atoms with E-state index < -0.39 is 12.1 Å². The summed E-state index contributed by atoms with van der Waals surface area (Å²) in [5.41, 5.74) is 0. The average molecular weight is 179 g/mol. The first-order valence-electron chi connectivity index (χ1n) is 3.23. The van der Waals surface area contributed by atoms with E-state index in [0.29, 0.717) is 0 Å². The monoisotopic (exact) mass is 178 g/mol. The molecule has 0 aliphatic rings. The van der Waals surface area contributed by atoms with Crippen LogP contribution in [0.25, 0.3) is 0 Å². The number of carboxylic acids is 1. The van der Waals surface area contributed by atoms with Crippen molar-refractivity contribution in [3.8, 4) is 0 Å².